The van der Waals surface area contributed by atoms with E-state index < -0.39 is 11.2 Å². The lowest BCUT2D eigenvalue weighted by Crippen LogP contribution is -2.47. The van der Waals surface area contributed by atoms with Gasteiger partial charge in [-0.2, -0.15) is 0 Å². The van der Waals surface area contributed by atoms with Gasteiger partial charge in [0.1, 0.15) is 11.2 Å². The van der Waals surface area contributed by atoms with Crippen LogP contribution in [0.1, 0.15) is 71.9 Å². The number of carbonyl (C=O) groups is 2. The third-order valence-electron chi connectivity index (χ3n) is 5.42. The van der Waals surface area contributed by atoms with E-state index in [1.54, 1.807) is 0 Å². The maximum atomic E-state index is 12.7. The van der Waals surface area contributed by atoms with Crippen molar-refractivity contribution in [3.05, 3.63) is 35.9 Å². The van der Waals surface area contributed by atoms with Crippen molar-refractivity contribution < 1.29 is 19.1 Å². The number of nitrogens with one attached hydrogen (secondary N) is 1. The molecule has 1 aromatic rings. The third-order valence-corrected chi connectivity index (χ3v) is 5.42. The van der Waals surface area contributed by atoms with E-state index in [1.807, 2.05) is 57.7 Å². The van der Waals surface area contributed by atoms with Gasteiger partial charge in [-0.05, 0) is 65.9 Å². The van der Waals surface area contributed by atoms with Gasteiger partial charge in [0.2, 0.25) is 0 Å². The first-order valence-electron chi connectivity index (χ1n) is 10.1. The lowest BCUT2D eigenvalue weighted by Gasteiger charge is -2.38. The van der Waals surface area contributed by atoms with Gasteiger partial charge in [0, 0.05) is 12.1 Å². The molecule has 3 rings (SSSR count). The first kappa shape index (κ1) is 20.5. The van der Waals surface area contributed by atoms with Crippen LogP contribution in [0.3, 0.4) is 0 Å². The molecule has 1 saturated carbocycles. The molecule has 2 aliphatic rings. The third kappa shape index (κ3) is 4.59. The Kier molecular flexibility index (Phi) is 5.60. The molecule has 1 aliphatic heterocycles. The van der Waals surface area contributed by atoms with E-state index in [2.05, 4.69) is 17.4 Å². The molecule has 0 spiro atoms. The number of rotatable bonds is 3. The van der Waals surface area contributed by atoms with Crippen LogP contribution in [0.4, 0.5) is 9.59 Å². The second-order valence-electron chi connectivity index (χ2n) is 9.34. The fraction of sp³-hybridized carbons (Fsp3) is 0.636. The van der Waals surface area contributed by atoms with Gasteiger partial charge < -0.3 is 14.8 Å². The minimum Gasteiger partial charge on any atom is -0.444 e. The van der Waals surface area contributed by atoms with Crippen LogP contribution in [0.2, 0.25) is 0 Å². The molecule has 1 N–H and O–H groups in total. The Bertz CT molecular complexity index is 703. The van der Waals surface area contributed by atoms with Crippen molar-refractivity contribution in [1.29, 1.82) is 0 Å². The van der Waals surface area contributed by atoms with Crippen LogP contribution < -0.4 is 5.32 Å². The zero-order valence-corrected chi connectivity index (χ0v) is 17.5. The van der Waals surface area contributed by atoms with E-state index in [0.29, 0.717) is 0 Å². The van der Waals surface area contributed by atoms with Crippen LogP contribution in [0.5, 0.6) is 0 Å². The topological polar surface area (TPSA) is 67.9 Å². The fourth-order valence-corrected chi connectivity index (χ4v) is 4.30. The number of carbonyl (C=O) groups excluding carboxylic acids is 2. The minimum atomic E-state index is -0.579. The normalized spacial score (nSPS) is 27.2. The standard InChI is InChI=1S/C22H32N2O4/c1-21(2,3)27-19(25)23-16-11-13-17(14-12-16)24-18(15-9-7-6-8-10-15)22(4,5)28-20(24)26/h6-10,16-18H,11-14H2,1-5H3,(H,23,25). The van der Waals surface area contributed by atoms with Crippen LogP contribution in [0.15, 0.2) is 30.3 Å². The van der Waals surface area contributed by atoms with Gasteiger partial charge in [0.25, 0.3) is 0 Å². The molecule has 1 saturated heterocycles. The van der Waals surface area contributed by atoms with E-state index in [-0.39, 0.29) is 30.3 Å². The molecule has 1 aromatic carbocycles. The zero-order valence-electron chi connectivity index (χ0n) is 17.5. The van der Waals surface area contributed by atoms with Crippen LogP contribution >= 0.6 is 0 Å². The number of ether oxygens (including phenoxy) is 2. The lowest BCUT2D eigenvalue weighted by molar-refractivity contribution is 0.0476. The van der Waals surface area contributed by atoms with Gasteiger partial charge in [-0.15, -0.1) is 0 Å². The van der Waals surface area contributed by atoms with Gasteiger partial charge in [-0.3, -0.25) is 4.90 Å². The summed E-state index contributed by atoms with van der Waals surface area (Å²) in [6, 6.07) is 10.1. The molecule has 28 heavy (non-hydrogen) atoms. The summed E-state index contributed by atoms with van der Waals surface area (Å²) in [5, 5.41) is 2.96. The van der Waals surface area contributed by atoms with Gasteiger partial charge in [0.05, 0.1) is 6.04 Å². The highest BCUT2D eigenvalue weighted by Gasteiger charge is 2.51. The molecular weight excluding hydrogens is 356 g/mol. The molecule has 154 valence electrons. The highest BCUT2D eigenvalue weighted by atomic mass is 16.6. The molecule has 0 radical (unpaired) electrons. The lowest BCUT2D eigenvalue weighted by atomic mass is 9.86. The van der Waals surface area contributed by atoms with Crippen LogP contribution in [-0.2, 0) is 9.47 Å². The van der Waals surface area contributed by atoms with Crippen molar-refractivity contribution in [2.45, 2.75) is 89.6 Å². The second-order valence-corrected chi connectivity index (χ2v) is 9.34. The quantitative estimate of drug-likeness (QED) is 0.808. The largest absolute Gasteiger partial charge is 0.444 e. The number of cyclic esters (lactones) is 1. The first-order valence-corrected chi connectivity index (χ1v) is 10.1. The molecule has 0 aromatic heterocycles. The van der Waals surface area contributed by atoms with Gasteiger partial charge >= 0.3 is 12.2 Å². The van der Waals surface area contributed by atoms with Crippen LogP contribution in [0.25, 0.3) is 0 Å². The minimum absolute atomic E-state index is 0.0768. The molecule has 1 atom stereocenters. The summed E-state index contributed by atoms with van der Waals surface area (Å²) in [4.78, 5) is 26.6. The molecule has 6 heteroatoms. The number of nitrogens with zero attached hydrogens (tertiary/aromatic N) is 1. The highest BCUT2D eigenvalue weighted by molar-refractivity contribution is 5.72. The summed E-state index contributed by atoms with van der Waals surface area (Å²) < 4.78 is 11.1. The monoisotopic (exact) mass is 388 g/mol. The van der Waals surface area contributed by atoms with Crippen molar-refractivity contribution in [3.8, 4) is 0 Å². The van der Waals surface area contributed by atoms with Gasteiger partial charge in [0.15, 0.2) is 0 Å². The highest BCUT2D eigenvalue weighted by Crippen LogP contribution is 2.44. The van der Waals surface area contributed by atoms with Crippen molar-refractivity contribution in [2.75, 3.05) is 0 Å². The van der Waals surface area contributed by atoms with Crippen molar-refractivity contribution in [3.63, 3.8) is 0 Å². The molecule has 0 bridgehead atoms. The zero-order chi connectivity index (χ0) is 20.5. The average molecular weight is 389 g/mol. The molecule has 1 aliphatic carbocycles. The number of hydrogen-bond donors (Lipinski definition) is 1. The summed E-state index contributed by atoms with van der Waals surface area (Å²) in [6.07, 6.45) is 2.66. The summed E-state index contributed by atoms with van der Waals surface area (Å²) in [5.41, 5.74) is 0.00595. The van der Waals surface area contributed by atoms with Crippen molar-refractivity contribution in [1.82, 2.24) is 10.2 Å². The summed E-state index contributed by atoms with van der Waals surface area (Å²) in [7, 11) is 0. The Morgan fingerprint density at radius 1 is 1.14 bits per heavy atom. The number of alkyl carbamates (subject to hydrolysis) is 1. The van der Waals surface area contributed by atoms with E-state index in [1.165, 1.54) is 0 Å². The molecular formula is C22H32N2O4. The van der Waals surface area contributed by atoms with E-state index in [4.69, 9.17) is 9.47 Å². The van der Waals surface area contributed by atoms with E-state index >= 15 is 0 Å². The Balaban J connectivity index is 1.66. The smallest absolute Gasteiger partial charge is 0.411 e. The molecule has 6 nitrogen and oxygen atoms in total. The number of hydrogen-bond acceptors (Lipinski definition) is 4. The fourth-order valence-electron chi connectivity index (χ4n) is 4.30. The summed E-state index contributed by atoms with van der Waals surface area (Å²) in [5.74, 6) is 0. The summed E-state index contributed by atoms with van der Waals surface area (Å²) >= 11 is 0. The predicted molar refractivity (Wildman–Crippen MR) is 107 cm³/mol. The van der Waals surface area contributed by atoms with Crippen LogP contribution in [-0.4, -0.2) is 40.4 Å². The number of amides is 2. The van der Waals surface area contributed by atoms with E-state index in [0.717, 1.165) is 31.2 Å². The molecule has 2 amide bonds. The Labute approximate surface area is 167 Å². The maximum Gasteiger partial charge on any atom is 0.411 e. The molecule has 1 unspecified atom stereocenters. The predicted octanol–water partition coefficient (Wildman–Crippen LogP) is 4.79. The van der Waals surface area contributed by atoms with E-state index in [9.17, 15) is 9.59 Å². The Morgan fingerprint density at radius 2 is 1.75 bits per heavy atom. The van der Waals surface area contributed by atoms with Gasteiger partial charge in [-0.25, -0.2) is 9.59 Å². The number of benzene rings is 1. The Morgan fingerprint density at radius 3 is 2.32 bits per heavy atom. The van der Waals surface area contributed by atoms with Crippen molar-refractivity contribution >= 4 is 12.2 Å². The maximum absolute atomic E-state index is 12.7. The molecule has 1 heterocycles. The second kappa shape index (κ2) is 7.64. The Hall–Kier alpha value is -2.24. The summed E-state index contributed by atoms with van der Waals surface area (Å²) in [6.45, 7) is 9.51. The molecule has 2 fully saturated rings. The van der Waals surface area contributed by atoms with Crippen LogP contribution in [0, 0.1) is 0 Å². The SMILES string of the molecule is CC(C)(C)OC(=O)NC1CCC(N2C(=O)OC(C)(C)C2c2ccccc2)CC1. The van der Waals surface area contributed by atoms with Gasteiger partial charge in [-0.1, -0.05) is 30.3 Å². The average Bonchev–Trinajstić information content (AvgIpc) is 2.83. The van der Waals surface area contributed by atoms with Crippen molar-refractivity contribution in [2.24, 2.45) is 0 Å². The first-order chi connectivity index (χ1) is 13.1.